The van der Waals surface area contributed by atoms with Crippen molar-refractivity contribution in [3.05, 3.63) is 53.6 Å². The molecule has 0 saturated carbocycles. The number of carbonyl (C=O) groups is 2. The van der Waals surface area contributed by atoms with E-state index < -0.39 is 28.5 Å². The van der Waals surface area contributed by atoms with Gasteiger partial charge in [-0.05, 0) is 56.7 Å². The lowest BCUT2D eigenvalue weighted by molar-refractivity contribution is -0.119. The summed E-state index contributed by atoms with van der Waals surface area (Å²) in [7, 11) is -2.12. The normalized spacial score (nSPS) is 11.5. The van der Waals surface area contributed by atoms with E-state index in [1.54, 1.807) is 32.9 Å². The molecule has 0 saturated heterocycles. The molecule has 156 valence electrons. The number of hydrogen-bond donors (Lipinski definition) is 2. The molecular weight excluding hydrogens is 396 g/mol. The van der Waals surface area contributed by atoms with Crippen molar-refractivity contribution in [3.63, 3.8) is 0 Å². The number of sulfonamides is 1. The second-order valence-electron chi connectivity index (χ2n) is 6.73. The highest BCUT2D eigenvalue weighted by molar-refractivity contribution is 7.89. The highest BCUT2D eigenvalue weighted by Gasteiger charge is 2.23. The molecule has 0 spiro atoms. The van der Waals surface area contributed by atoms with E-state index in [1.807, 2.05) is 0 Å². The van der Waals surface area contributed by atoms with E-state index in [-0.39, 0.29) is 22.3 Å². The number of ether oxygens (including phenoxy) is 1. The molecule has 0 aliphatic heterocycles. The van der Waals surface area contributed by atoms with Gasteiger partial charge in [-0.25, -0.2) is 13.2 Å². The van der Waals surface area contributed by atoms with Crippen LogP contribution in [0.2, 0.25) is 0 Å². The van der Waals surface area contributed by atoms with Gasteiger partial charge in [0.1, 0.15) is 11.3 Å². The van der Waals surface area contributed by atoms with E-state index in [9.17, 15) is 23.1 Å². The maximum atomic E-state index is 12.4. The first-order valence-electron chi connectivity index (χ1n) is 8.87. The lowest BCUT2D eigenvalue weighted by atomic mass is 10.1. The van der Waals surface area contributed by atoms with Crippen molar-refractivity contribution in [2.45, 2.75) is 31.7 Å². The second kappa shape index (κ2) is 9.06. The molecule has 0 aromatic heterocycles. The van der Waals surface area contributed by atoms with Gasteiger partial charge in [0.2, 0.25) is 10.0 Å². The maximum Gasteiger partial charge on any atom is 0.342 e. The molecular formula is C20H24N2O6S. The number of rotatable bonds is 7. The number of phenols is 1. The van der Waals surface area contributed by atoms with Gasteiger partial charge in [-0.15, -0.1) is 0 Å². The first kappa shape index (κ1) is 22.4. The van der Waals surface area contributed by atoms with Crippen LogP contribution in [0.1, 0.15) is 29.8 Å². The highest BCUT2D eigenvalue weighted by atomic mass is 32.2. The molecule has 2 rings (SSSR count). The molecule has 0 atom stereocenters. The van der Waals surface area contributed by atoms with Gasteiger partial charge in [0.15, 0.2) is 6.61 Å². The summed E-state index contributed by atoms with van der Waals surface area (Å²) in [5.41, 5.74) is 0.847. The zero-order valence-corrected chi connectivity index (χ0v) is 17.5. The summed E-state index contributed by atoms with van der Waals surface area (Å²) < 4.78 is 31.0. The Hall–Kier alpha value is -2.91. The molecule has 0 heterocycles. The van der Waals surface area contributed by atoms with Crippen molar-refractivity contribution in [2.24, 2.45) is 0 Å². The monoisotopic (exact) mass is 420 g/mol. The molecule has 0 fully saturated rings. The van der Waals surface area contributed by atoms with Crippen LogP contribution >= 0.6 is 0 Å². The second-order valence-corrected chi connectivity index (χ2v) is 8.73. The quantitative estimate of drug-likeness (QED) is 0.666. The van der Waals surface area contributed by atoms with E-state index in [0.29, 0.717) is 11.3 Å². The summed E-state index contributed by atoms with van der Waals surface area (Å²) in [6.07, 6.45) is 0. The van der Waals surface area contributed by atoms with Crippen LogP contribution < -0.4 is 5.32 Å². The lowest BCUT2D eigenvalue weighted by Gasteiger charge is -2.21. The van der Waals surface area contributed by atoms with Gasteiger partial charge in [0.25, 0.3) is 5.91 Å². The van der Waals surface area contributed by atoms with Gasteiger partial charge in [0, 0.05) is 18.8 Å². The van der Waals surface area contributed by atoms with E-state index in [1.165, 1.54) is 41.7 Å². The van der Waals surface area contributed by atoms with Crippen molar-refractivity contribution in [1.82, 2.24) is 4.31 Å². The minimum atomic E-state index is -3.62. The molecule has 2 N–H and O–H groups in total. The van der Waals surface area contributed by atoms with Crippen molar-refractivity contribution in [3.8, 4) is 5.75 Å². The molecule has 9 heteroatoms. The number of hydrogen-bond acceptors (Lipinski definition) is 6. The predicted octanol–water partition coefficient (Wildman–Crippen LogP) is 2.53. The Morgan fingerprint density at radius 2 is 1.76 bits per heavy atom. The molecule has 0 aliphatic carbocycles. The number of anilines is 1. The number of nitrogens with zero attached hydrogens (tertiary/aromatic N) is 1. The Morgan fingerprint density at radius 3 is 2.34 bits per heavy atom. The van der Waals surface area contributed by atoms with Gasteiger partial charge < -0.3 is 15.2 Å². The third kappa shape index (κ3) is 5.33. The van der Waals surface area contributed by atoms with Crippen LogP contribution in [0.3, 0.4) is 0 Å². The Kier molecular flexibility index (Phi) is 6.99. The van der Waals surface area contributed by atoms with Crippen LogP contribution in [0.25, 0.3) is 0 Å². The number of benzene rings is 2. The standard InChI is InChI=1S/C20H24N2O6S/c1-13(2)22(4)29(26,27)16-10-8-15(9-11-16)21-18(23)12-28-20(25)17-7-5-6-14(3)19(17)24/h5-11,13,24H,12H2,1-4H3,(H,21,23). The van der Waals surface area contributed by atoms with Gasteiger partial charge in [-0.2, -0.15) is 4.31 Å². The summed E-state index contributed by atoms with van der Waals surface area (Å²) in [5.74, 6) is -1.61. The summed E-state index contributed by atoms with van der Waals surface area (Å²) in [6, 6.07) is 10.1. The SMILES string of the molecule is Cc1cccc(C(=O)OCC(=O)Nc2ccc(S(=O)(=O)N(C)C(C)C)cc2)c1O. The third-order valence-electron chi connectivity index (χ3n) is 4.33. The largest absolute Gasteiger partial charge is 0.507 e. The fourth-order valence-corrected chi connectivity index (χ4v) is 3.75. The maximum absolute atomic E-state index is 12.4. The topological polar surface area (TPSA) is 113 Å². The third-order valence-corrected chi connectivity index (χ3v) is 6.38. The van der Waals surface area contributed by atoms with Gasteiger partial charge in [0.05, 0.1) is 4.90 Å². The molecule has 2 aromatic carbocycles. The summed E-state index contributed by atoms with van der Waals surface area (Å²) in [6.45, 7) is 4.62. The fourth-order valence-electron chi connectivity index (χ4n) is 2.38. The van der Waals surface area contributed by atoms with Gasteiger partial charge in [-0.3, -0.25) is 4.79 Å². The predicted molar refractivity (Wildman–Crippen MR) is 108 cm³/mol. The number of aryl methyl sites for hydroxylation is 1. The number of amides is 1. The van der Waals surface area contributed by atoms with Crippen molar-refractivity contribution >= 4 is 27.6 Å². The van der Waals surface area contributed by atoms with E-state index in [0.717, 1.165) is 0 Å². The molecule has 8 nitrogen and oxygen atoms in total. The Bertz CT molecular complexity index is 1000. The van der Waals surface area contributed by atoms with E-state index in [4.69, 9.17) is 4.74 Å². The van der Waals surface area contributed by atoms with Gasteiger partial charge in [-0.1, -0.05) is 12.1 Å². The van der Waals surface area contributed by atoms with Crippen LogP contribution in [-0.4, -0.2) is 49.4 Å². The average molecular weight is 420 g/mol. The molecule has 2 aromatic rings. The minimum absolute atomic E-state index is 0.0263. The number of aromatic hydroxyl groups is 1. The summed E-state index contributed by atoms with van der Waals surface area (Å²) >= 11 is 0. The molecule has 1 amide bonds. The van der Waals surface area contributed by atoms with Crippen LogP contribution in [0.4, 0.5) is 5.69 Å². The Morgan fingerprint density at radius 1 is 1.14 bits per heavy atom. The molecule has 0 unspecified atom stereocenters. The number of carbonyl (C=O) groups excluding carboxylic acids is 2. The molecule has 0 bridgehead atoms. The number of nitrogens with one attached hydrogen (secondary N) is 1. The van der Waals surface area contributed by atoms with Gasteiger partial charge >= 0.3 is 5.97 Å². The first-order valence-corrected chi connectivity index (χ1v) is 10.3. The van der Waals surface area contributed by atoms with Crippen LogP contribution in [0, 0.1) is 6.92 Å². The lowest BCUT2D eigenvalue weighted by Crippen LogP contribution is -2.33. The summed E-state index contributed by atoms with van der Waals surface area (Å²) in [5, 5.41) is 12.4. The van der Waals surface area contributed by atoms with Crippen molar-refractivity contribution in [2.75, 3.05) is 19.0 Å². The van der Waals surface area contributed by atoms with Crippen LogP contribution in [-0.2, 0) is 19.6 Å². The van der Waals surface area contributed by atoms with Crippen LogP contribution in [0.15, 0.2) is 47.4 Å². The highest BCUT2D eigenvalue weighted by Crippen LogP contribution is 2.22. The average Bonchev–Trinajstić information content (AvgIpc) is 2.68. The fraction of sp³-hybridized carbons (Fsp3) is 0.300. The first-order chi connectivity index (χ1) is 13.5. The number of esters is 1. The molecule has 0 radical (unpaired) electrons. The van der Waals surface area contributed by atoms with Crippen molar-refractivity contribution < 1.29 is 27.9 Å². The molecule has 0 aliphatic rings. The molecule has 29 heavy (non-hydrogen) atoms. The number of para-hydroxylation sites is 1. The zero-order valence-electron chi connectivity index (χ0n) is 16.7. The van der Waals surface area contributed by atoms with Crippen LogP contribution in [0.5, 0.6) is 5.75 Å². The number of phenolic OH excluding ortho intramolecular Hbond substituents is 1. The minimum Gasteiger partial charge on any atom is -0.507 e. The summed E-state index contributed by atoms with van der Waals surface area (Å²) in [4.78, 5) is 24.1. The smallest absolute Gasteiger partial charge is 0.342 e. The van der Waals surface area contributed by atoms with E-state index >= 15 is 0 Å². The Balaban J connectivity index is 1.98. The zero-order chi connectivity index (χ0) is 21.8. The van der Waals surface area contributed by atoms with Crippen molar-refractivity contribution in [1.29, 1.82) is 0 Å². The Labute approximate surface area is 170 Å². The van der Waals surface area contributed by atoms with E-state index in [2.05, 4.69) is 5.32 Å².